The first-order chi connectivity index (χ1) is 11.2. The molecule has 0 radical (unpaired) electrons. The smallest absolute Gasteiger partial charge is 0.193 e. The molecule has 0 aromatic carbocycles. The number of hydrogen-bond acceptors (Lipinski definition) is 4. The first-order valence-electron chi connectivity index (χ1n) is 8.80. The molecule has 1 unspecified atom stereocenters. The number of thiazole rings is 1. The van der Waals surface area contributed by atoms with Crippen LogP contribution in [0.2, 0.25) is 0 Å². The predicted molar refractivity (Wildman–Crippen MR) is 97.4 cm³/mol. The average Bonchev–Trinajstić information content (AvgIpc) is 3.24. The van der Waals surface area contributed by atoms with Gasteiger partial charge in [0.1, 0.15) is 0 Å². The molecule has 2 aliphatic rings. The van der Waals surface area contributed by atoms with Gasteiger partial charge in [-0.2, -0.15) is 0 Å². The van der Waals surface area contributed by atoms with Crippen LogP contribution in [0.5, 0.6) is 0 Å². The van der Waals surface area contributed by atoms with Crippen molar-refractivity contribution in [2.75, 3.05) is 39.8 Å². The number of guanidine groups is 1. The van der Waals surface area contributed by atoms with Crippen LogP contribution in [-0.4, -0.2) is 66.6 Å². The zero-order valence-corrected chi connectivity index (χ0v) is 15.5. The van der Waals surface area contributed by atoms with Gasteiger partial charge in [-0.1, -0.05) is 0 Å². The van der Waals surface area contributed by atoms with E-state index in [4.69, 9.17) is 0 Å². The van der Waals surface area contributed by atoms with Crippen LogP contribution in [0, 0.1) is 13.8 Å². The number of aliphatic imine (C=N–C) groups is 1. The third-order valence-corrected chi connectivity index (χ3v) is 6.10. The van der Waals surface area contributed by atoms with Crippen molar-refractivity contribution >= 4 is 17.3 Å². The van der Waals surface area contributed by atoms with Gasteiger partial charge in [0, 0.05) is 44.0 Å². The fraction of sp³-hybridized carbons (Fsp3) is 0.765. The van der Waals surface area contributed by atoms with E-state index in [0.717, 1.165) is 43.1 Å². The molecule has 0 amide bonds. The molecule has 1 N–H and O–H groups in total. The summed E-state index contributed by atoms with van der Waals surface area (Å²) < 4.78 is 0. The van der Waals surface area contributed by atoms with Crippen LogP contribution in [0.3, 0.4) is 0 Å². The molecule has 3 rings (SSSR count). The highest BCUT2D eigenvalue weighted by molar-refractivity contribution is 7.11. The third-order valence-electron chi connectivity index (χ3n) is 4.97. The molecule has 0 bridgehead atoms. The summed E-state index contributed by atoms with van der Waals surface area (Å²) in [5.74, 6) is 1.06. The molecule has 128 valence electrons. The summed E-state index contributed by atoms with van der Waals surface area (Å²) >= 11 is 1.81. The van der Waals surface area contributed by atoms with Crippen molar-refractivity contribution in [2.45, 2.75) is 45.6 Å². The van der Waals surface area contributed by atoms with E-state index in [1.165, 1.54) is 42.9 Å². The van der Waals surface area contributed by atoms with Gasteiger partial charge < -0.3 is 10.2 Å². The van der Waals surface area contributed by atoms with Crippen molar-refractivity contribution in [3.05, 3.63) is 15.6 Å². The zero-order valence-electron chi connectivity index (χ0n) is 14.6. The molecule has 1 aromatic heterocycles. The highest BCUT2D eigenvalue weighted by Gasteiger charge is 2.30. The van der Waals surface area contributed by atoms with Gasteiger partial charge in [0.25, 0.3) is 0 Å². The molecule has 0 spiro atoms. The number of hydrogen-bond donors (Lipinski definition) is 1. The maximum absolute atomic E-state index is 4.51. The standard InChI is InChI=1S/C17H29N5S/c1-13-16(23-14(2)20-13)6-8-19-17(18-3)22-11-7-15(12-22)21-9-4-5-10-21/h15H,4-12H2,1-3H3,(H,18,19). The van der Waals surface area contributed by atoms with Crippen LogP contribution in [0.4, 0.5) is 0 Å². The molecule has 5 nitrogen and oxygen atoms in total. The van der Waals surface area contributed by atoms with Crippen molar-refractivity contribution in [2.24, 2.45) is 4.99 Å². The second-order valence-electron chi connectivity index (χ2n) is 6.60. The van der Waals surface area contributed by atoms with Gasteiger partial charge in [-0.25, -0.2) is 4.98 Å². The van der Waals surface area contributed by atoms with E-state index >= 15 is 0 Å². The lowest BCUT2D eigenvalue weighted by atomic mass is 10.2. The van der Waals surface area contributed by atoms with Crippen LogP contribution in [0.1, 0.15) is 34.8 Å². The molecule has 0 aliphatic carbocycles. The maximum Gasteiger partial charge on any atom is 0.193 e. The van der Waals surface area contributed by atoms with Crippen LogP contribution < -0.4 is 5.32 Å². The van der Waals surface area contributed by atoms with Gasteiger partial charge in [0.15, 0.2) is 5.96 Å². The molecule has 23 heavy (non-hydrogen) atoms. The minimum Gasteiger partial charge on any atom is -0.356 e. The lowest BCUT2D eigenvalue weighted by molar-refractivity contribution is 0.249. The van der Waals surface area contributed by atoms with Crippen molar-refractivity contribution in [1.29, 1.82) is 0 Å². The van der Waals surface area contributed by atoms with E-state index in [9.17, 15) is 0 Å². The number of likely N-dealkylation sites (tertiary alicyclic amines) is 2. The van der Waals surface area contributed by atoms with Crippen LogP contribution >= 0.6 is 11.3 Å². The molecule has 2 aliphatic heterocycles. The van der Waals surface area contributed by atoms with Crippen LogP contribution in [0.15, 0.2) is 4.99 Å². The number of nitrogens with zero attached hydrogens (tertiary/aromatic N) is 4. The molecule has 2 saturated heterocycles. The summed E-state index contributed by atoms with van der Waals surface area (Å²) in [5.41, 5.74) is 1.18. The Balaban J connectivity index is 1.47. The minimum atomic E-state index is 0.724. The van der Waals surface area contributed by atoms with E-state index < -0.39 is 0 Å². The molecule has 1 aromatic rings. The van der Waals surface area contributed by atoms with Gasteiger partial charge in [-0.05, 0) is 46.2 Å². The normalized spacial score (nSPS) is 23.0. The second kappa shape index (κ2) is 7.62. The molecule has 0 saturated carbocycles. The van der Waals surface area contributed by atoms with Crippen molar-refractivity contribution in [3.63, 3.8) is 0 Å². The van der Waals surface area contributed by atoms with Gasteiger partial charge >= 0.3 is 0 Å². The Morgan fingerprint density at radius 2 is 2.09 bits per heavy atom. The van der Waals surface area contributed by atoms with Gasteiger partial charge in [-0.15, -0.1) is 11.3 Å². The summed E-state index contributed by atoms with van der Waals surface area (Å²) in [6, 6.07) is 0.724. The van der Waals surface area contributed by atoms with Gasteiger partial charge in [0.05, 0.1) is 10.7 Å². The Labute approximate surface area is 143 Å². The monoisotopic (exact) mass is 335 g/mol. The van der Waals surface area contributed by atoms with E-state index in [2.05, 4.69) is 38.9 Å². The topological polar surface area (TPSA) is 43.8 Å². The number of aromatic nitrogens is 1. The molecule has 2 fully saturated rings. The lowest BCUT2D eigenvalue weighted by Gasteiger charge is -2.25. The largest absolute Gasteiger partial charge is 0.356 e. The summed E-state index contributed by atoms with van der Waals surface area (Å²) in [7, 11) is 1.90. The molecule has 3 heterocycles. The predicted octanol–water partition coefficient (Wildman–Crippen LogP) is 2.05. The molecular weight excluding hydrogens is 306 g/mol. The van der Waals surface area contributed by atoms with Crippen molar-refractivity contribution in [3.8, 4) is 0 Å². The SMILES string of the molecule is CN=C(NCCc1sc(C)nc1C)N1CCC(N2CCCC2)C1. The Morgan fingerprint density at radius 1 is 1.30 bits per heavy atom. The van der Waals surface area contributed by atoms with Gasteiger partial charge in [0.2, 0.25) is 0 Å². The summed E-state index contributed by atoms with van der Waals surface area (Å²) in [4.78, 5) is 15.5. The van der Waals surface area contributed by atoms with Crippen LogP contribution in [0.25, 0.3) is 0 Å². The Hall–Kier alpha value is -1.14. The van der Waals surface area contributed by atoms with Crippen LogP contribution in [-0.2, 0) is 6.42 Å². The first kappa shape index (κ1) is 16.7. The third kappa shape index (κ3) is 4.04. The summed E-state index contributed by atoms with van der Waals surface area (Å²) in [5, 5.41) is 4.71. The second-order valence-corrected chi connectivity index (χ2v) is 7.88. The van der Waals surface area contributed by atoms with E-state index in [-0.39, 0.29) is 0 Å². The van der Waals surface area contributed by atoms with E-state index in [1.807, 2.05) is 18.4 Å². The summed E-state index contributed by atoms with van der Waals surface area (Å²) in [6.45, 7) is 9.94. The fourth-order valence-electron chi connectivity index (χ4n) is 3.76. The summed E-state index contributed by atoms with van der Waals surface area (Å²) in [6.07, 6.45) is 5.04. The first-order valence-corrected chi connectivity index (χ1v) is 9.61. The highest BCUT2D eigenvalue weighted by atomic mass is 32.1. The van der Waals surface area contributed by atoms with E-state index in [1.54, 1.807) is 0 Å². The van der Waals surface area contributed by atoms with Crippen molar-refractivity contribution < 1.29 is 0 Å². The quantitative estimate of drug-likeness (QED) is 0.676. The Morgan fingerprint density at radius 3 is 2.74 bits per heavy atom. The fourth-order valence-corrected chi connectivity index (χ4v) is 4.70. The molecular formula is C17H29N5S. The lowest BCUT2D eigenvalue weighted by Crippen LogP contribution is -2.43. The van der Waals surface area contributed by atoms with Gasteiger partial charge in [-0.3, -0.25) is 9.89 Å². The molecule has 6 heteroatoms. The number of rotatable bonds is 4. The number of nitrogens with one attached hydrogen (secondary N) is 1. The Bertz CT molecular complexity index is 547. The average molecular weight is 336 g/mol. The van der Waals surface area contributed by atoms with E-state index in [0.29, 0.717) is 0 Å². The van der Waals surface area contributed by atoms with Crippen molar-refractivity contribution in [1.82, 2.24) is 20.1 Å². The molecule has 1 atom stereocenters. The number of aryl methyl sites for hydroxylation is 2. The maximum atomic E-state index is 4.51. The highest BCUT2D eigenvalue weighted by Crippen LogP contribution is 2.20. The minimum absolute atomic E-state index is 0.724. The zero-order chi connectivity index (χ0) is 16.2. The Kier molecular flexibility index (Phi) is 5.54.